The Bertz CT molecular complexity index is 356. The molecule has 2 unspecified atom stereocenters. The van der Waals surface area contributed by atoms with Crippen molar-refractivity contribution in [2.75, 3.05) is 13.1 Å². The van der Waals surface area contributed by atoms with E-state index in [1.165, 1.54) is 0 Å². The van der Waals surface area contributed by atoms with Gasteiger partial charge < -0.3 is 20.3 Å². The van der Waals surface area contributed by atoms with Crippen molar-refractivity contribution in [2.45, 2.75) is 12.2 Å². The first-order chi connectivity index (χ1) is 6.75. The first-order valence-corrected chi connectivity index (χ1v) is 4.67. The Morgan fingerprint density at radius 1 is 1.07 bits per heavy atom. The third-order valence-corrected chi connectivity index (χ3v) is 2.86. The van der Waals surface area contributed by atoms with Crippen LogP contribution in [0.1, 0.15) is 23.3 Å². The lowest BCUT2D eigenvalue weighted by molar-refractivity contribution is -0.0149. The SMILES string of the molecule is Oc1cc2c(cc1O)C1CNCC2O1. The number of aromatic hydroxyl groups is 2. The lowest BCUT2D eigenvalue weighted by atomic mass is 10.0. The molecule has 1 aromatic carbocycles. The van der Waals surface area contributed by atoms with Gasteiger partial charge in [-0.25, -0.2) is 0 Å². The molecule has 3 rings (SSSR count). The van der Waals surface area contributed by atoms with Crippen LogP contribution >= 0.6 is 0 Å². The Morgan fingerprint density at radius 2 is 1.57 bits per heavy atom. The minimum atomic E-state index is -0.0695. The molecule has 1 aromatic rings. The molecule has 0 amide bonds. The van der Waals surface area contributed by atoms with E-state index in [1.807, 2.05) is 0 Å². The van der Waals surface area contributed by atoms with Crippen molar-refractivity contribution < 1.29 is 14.9 Å². The van der Waals surface area contributed by atoms with E-state index >= 15 is 0 Å². The Labute approximate surface area is 81.1 Å². The quantitative estimate of drug-likeness (QED) is 0.534. The van der Waals surface area contributed by atoms with Crippen LogP contribution in [0.25, 0.3) is 0 Å². The molecule has 0 saturated carbocycles. The first-order valence-electron chi connectivity index (χ1n) is 4.67. The predicted octanol–water partition coefficient (Wildman–Crippen LogP) is 0.813. The van der Waals surface area contributed by atoms with Crippen molar-refractivity contribution in [2.24, 2.45) is 0 Å². The summed E-state index contributed by atoms with van der Waals surface area (Å²) in [7, 11) is 0. The van der Waals surface area contributed by atoms with Crippen LogP contribution in [0, 0.1) is 0 Å². The summed E-state index contributed by atoms with van der Waals surface area (Å²) in [6.07, 6.45) is 0.0468. The van der Waals surface area contributed by atoms with Gasteiger partial charge in [-0.1, -0.05) is 0 Å². The zero-order valence-electron chi connectivity index (χ0n) is 7.53. The van der Waals surface area contributed by atoms with Crippen molar-refractivity contribution in [3.8, 4) is 11.5 Å². The number of ether oxygens (including phenoxy) is 1. The van der Waals surface area contributed by atoms with E-state index in [4.69, 9.17) is 4.74 Å². The molecule has 0 aliphatic carbocycles. The number of benzene rings is 1. The number of phenolic OH excluding ortho intramolecular Hbond substituents is 2. The third-order valence-electron chi connectivity index (χ3n) is 2.86. The van der Waals surface area contributed by atoms with Crippen LogP contribution in [0.2, 0.25) is 0 Å². The number of fused-ring (bicyclic) bond motifs is 5. The minimum absolute atomic E-state index is 0.0234. The second kappa shape index (κ2) is 2.62. The van der Waals surface area contributed by atoms with Crippen LogP contribution < -0.4 is 5.32 Å². The molecular formula is C10H11NO3. The summed E-state index contributed by atoms with van der Waals surface area (Å²) in [5.74, 6) is -0.139. The molecule has 0 radical (unpaired) electrons. The molecule has 2 heterocycles. The molecule has 0 aromatic heterocycles. The zero-order chi connectivity index (χ0) is 9.71. The van der Waals surface area contributed by atoms with Crippen LogP contribution in [0.15, 0.2) is 12.1 Å². The van der Waals surface area contributed by atoms with Crippen molar-refractivity contribution in [3.05, 3.63) is 23.3 Å². The molecule has 2 aliphatic heterocycles. The highest BCUT2D eigenvalue weighted by atomic mass is 16.5. The van der Waals surface area contributed by atoms with Crippen LogP contribution in [0.3, 0.4) is 0 Å². The largest absolute Gasteiger partial charge is 0.504 e. The highest BCUT2D eigenvalue weighted by Gasteiger charge is 2.35. The van der Waals surface area contributed by atoms with Crippen LogP contribution in [-0.2, 0) is 4.74 Å². The Hall–Kier alpha value is -1.26. The van der Waals surface area contributed by atoms with E-state index in [0.717, 1.165) is 24.2 Å². The molecule has 4 heteroatoms. The van der Waals surface area contributed by atoms with Crippen molar-refractivity contribution in [3.63, 3.8) is 0 Å². The van der Waals surface area contributed by atoms with E-state index < -0.39 is 0 Å². The number of nitrogens with one attached hydrogen (secondary N) is 1. The molecule has 2 bridgehead atoms. The van der Waals surface area contributed by atoms with Gasteiger partial charge in [0.15, 0.2) is 11.5 Å². The lowest BCUT2D eigenvalue weighted by Crippen LogP contribution is -2.30. The van der Waals surface area contributed by atoms with Gasteiger partial charge >= 0.3 is 0 Å². The molecule has 2 aliphatic rings. The van der Waals surface area contributed by atoms with Gasteiger partial charge in [0, 0.05) is 13.1 Å². The average molecular weight is 193 g/mol. The number of phenols is 2. The highest BCUT2D eigenvalue weighted by Crippen LogP contribution is 2.44. The molecule has 4 nitrogen and oxygen atoms in total. The van der Waals surface area contributed by atoms with Crippen molar-refractivity contribution in [1.82, 2.24) is 5.32 Å². The molecule has 1 fully saturated rings. The molecule has 14 heavy (non-hydrogen) atoms. The first kappa shape index (κ1) is 8.08. The van der Waals surface area contributed by atoms with E-state index in [-0.39, 0.29) is 23.7 Å². The second-order valence-electron chi connectivity index (χ2n) is 3.74. The smallest absolute Gasteiger partial charge is 0.157 e. The van der Waals surface area contributed by atoms with Gasteiger partial charge in [0.05, 0.1) is 12.2 Å². The monoisotopic (exact) mass is 193 g/mol. The Balaban J connectivity index is 2.17. The van der Waals surface area contributed by atoms with Crippen LogP contribution in [0.4, 0.5) is 0 Å². The van der Waals surface area contributed by atoms with Gasteiger partial charge in [-0.05, 0) is 23.3 Å². The highest BCUT2D eigenvalue weighted by molar-refractivity contribution is 5.49. The normalized spacial score (nSPS) is 28.9. The number of morpholine rings is 1. The maximum absolute atomic E-state index is 9.38. The van der Waals surface area contributed by atoms with Gasteiger partial charge in [0.2, 0.25) is 0 Å². The molecule has 2 atom stereocenters. The summed E-state index contributed by atoms with van der Waals surface area (Å²) < 4.78 is 5.69. The minimum Gasteiger partial charge on any atom is -0.504 e. The average Bonchev–Trinajstić information content (AvgIpc) is 2.42. The topological polar surface area (TPSA) is 61.7 Å². The predicted molar refractivity (Wildman–Crippen MR) is 49.2 cm³/mol. The zero-order valence-corrected chi connectivity index (χ0v) is 7.53. The maximum atomic E-state index is 9.38. The van der Waals surface area contributed by atoms with Gasteiger partial charge in [-0.3, -0.25) is 0 Å². The fourth-order valence-corrected chi connectivity index (χ4v) is 2.17. The summed E-state index contributed by atoms with van der Waals surface area (Å²) >= 11 is 0. The van der Waals surface area contributed by atoms with Gasteiger partial charge in [0.25, 0.3) is 0 Å². The summed E-state index contributed by atoms with van der Waals surface area (Å²) in [6.45, 7) is 1.54. The summed E-state index contributed by atoms with van der Waals surface area (Å²) in [4.78, 5) is 0. The van der Waals surface area contributed by atoms with Gasteiger partial charge in [-0.15, -0.1) is 0 Å². The fraction of sp³-hybridized carbons (Fsp3) is 0.400. The fourth-order valence-electron chi connectivity index (χ4n) is 2.17. The number of hydrogen-bond acceptors (Lipinski definition) is 4. The Kier molecular flexibility index (Phi) is 1.51. The second-order valence-corrected chi connectivity index (χ2v) is 3.74. The Morgan fingerprint density at radius 3 is 2.07 bits per heavy atom. The lowest BCUT2D eigenvalue weighted by Gasteiger charge is -2.21. The summed E-state index contributed by atoms with van der Waals surface area (Å²) in [5.41, 5.74) is 1.99. The van der Waals surface area contributed by atoms with Gasteiger partial charge in [-0.2, -0.15) is 0 Å². The maximum Gasteiger partial charge on any atom is 0.157 e. The molecule has 0 spiro atoms. The van der Waals surface area contributed by atoms with Gasteiger partial charge in [0.1, 0.15) is 0 Å². The number of rotatable bonds is 0. The molecular weight excluding hydrogens is 182 g/mol. The van der Waals surface area contributed by atoms with E-state index in [1.54, 1.807) is 12.1 Å². The molecule has 1 saturated heterocycles. The van der Waals surface area contributed by atoms with E-state index in [9.17, 15) is 10.2 Å². The molecule has 3 N–H and O–H groups in total. The van der Waals surface area contributed by atoms with E-state index in [0.29, 0.717) is 0 Å². The summed E-state index contributed by atoms with van der Waals surface area (Å²) in [5, 5.41) is 22.0. The van der Waals surface area contributed by atoms with Crippen LogP contribution in [0.5, 0.6) is 11.5 Å². The third kappa shape index (κ3) is 0.951. The standard InChI is InChI=1S/C10H11NO3/c12-7-1-5-6(2-8(7)13)10-4-11-3-9(5)14-10/h1-2,9-13H,3-4H2. The molecule has 74 valence electrons. The number of hydrogen-bond donors (Lipinski definition) is 3. The van der Waals surface area contributed by atoms with Crippen molar-refractivity contribution in [1.29, 1.82) is 0 Å². The van der Waals surface area contributed by atoms with Crippen molar-refractivity contribution >= 4 is 0 Å². The van der Waals surface area contributed by atoms with E-state index in [2.05, 4.69) is 5.32 Å². The van der Waals surface area contributed by atoms with Crippen LogP contribution in [-0.4, -0.2) is 23.3 Å². The summed E-state index contributed by atoms with van der Waals surface area (Å²) in [6, 6.07) is 3.20.